The quantitative estimate of drug-likeness (QED) is 0.806. The minimum absolute atomic E-state index is 0.0791. The second-order valence-electron chi connectivity index (χ2n) is 6.70. The van der Waals surface area contributed by atoms with Gasteiger partial charge in [-0.2, -0.15) is 0 Å². The molecule has 130 valence electrons. The van der Waals surface area contributed by atoms with Crippen LogP contribution in [0.4, 0.5) is 5.69 Å². The van der Waals surface area contributed by atoms with Gasteiger partial charge in [0.1, 0.15) is 0 Å². The summed E-state index contributed by atoms with van der Waals surface area (Å²) in [7, 11) is 0. The van der Waals surface area contributed by atoms with Crippen molar-refractivity contribution in [3.05, 3.63) is 64.7 Å². The van der Waals surface area contributed by atoms with E-state index < -0.39 is 0 Å². The number of ketones is 1. The zero-order valence-corrected chi connectivity index (χ0v) is 15.1. The van der Waals surface area contributed by atoms with Crippen LogP contribution in [0, 0.1) is 13.8 Å². The molecule has 0 radical (unpaired) electrons. The summed E-state index contributed by atoms with van der Waals surface area (Å²) in [5, 5.41) is 0. The summed E-state index contributed by atoms with van der Waals surface area (Å²) in [6, 6.07) is 13.7. The summed E-state index contributed by atoms with van der Waals surface area (Å²) in [6.07, 6.45) is 0. The summed E-state index contributed by atoms with van der Waals surface area (Å²) in [5.74, 6) is 0.194. The minimum Gasteiger partial charge on any atom is -0.368 e. The molecule has 4 heteroatoms. The Balaban J connectivity index is 1.65. The fraction of sp³-hybridized carbons (Fsp3) is 0.333. The van der Waals surface area contributed by atoms with Crippen LogP contribution in [0.5, 0.6) is 0 Å². The molecule has 1 saturated heterocycles. The van der Waals surface area contributed by atoms with Crippen molar-refractivity contribution < 1.29 is 9.59 Å². The normalized spacial score (nSPS) is 14.5. The van der Waals surface area contributed by atoms with Gasteiger partial charge in [-0.15, -0.1) is 0 Å². The molecule has 0 saturated carbocycles. The second-order valence-corrected chi connectivity index (χ2v) is 6.70. The van der Waals surface area contributed by atoms with Crippen LogP contribution in [-0.2, 0) is 0 Å². The van der Waals surface area contributed by atoms with Crippen molar-refractivity contribution in [3.63, 3.8) is 0 Å². The van der Waals surface area contributed by atoms with E-state index in [2.05, 4.69) is 11.0 Å². The zero-order chi connectivity index (χ0) is 18.0. The van der Waals surface area contributed by atoms with Crippen molar-refractivity contribution in [1.29, 1.82) is 0 Å². The summed E-state index contributed by atoms with van der Waals surface area (Å²) in [6.45, 7) is 8.63. The molecule has 0 atom stereocenters. The Morgan fingerprint density at radius 2 is 1.52 bits per heavy atom. The van der Waals surface area contributed by atoms with Gasteiger partial charge < -0.3 is 9.80 Å². The Morgan fingerprint density at radius 1 is 0.880 bits per heavy atom. The average molecular weight is 336 g/mol. The van der Waals surface area contributed by atoms with Crippen LogP contribution < -0.4 is 4.90 Å². The fourth-order valence-corrected chi connectivity index (χ4v) is 3.30. The van der Waals surface area contributed by atoms with Crippen LogP contribution in [0.3, 0.4) is 0 Å². The first kappa shape index (κ1) is 17.2. The summed E-state index contributed by atoms with van der Waals surface area (Å²) >= 11 is 0. The van der Waals surface area contributed by atoms with E-state index >= 15 is 0 Å². The molecule has 0 spiro atoms. The van der Waals surface area contributed by atoms with Gasteiger partial charge >= 0.3 is 0 Å². The van der Waals surface area contributed by atoms with Gasteiger partial charge in [0.15, 0.2) is 5.78 Å². The van der Waals surface area contributed by atoms with Gasteiger partial charge in [-0.25, -0.2) is 0 Å². The molecule has 1 amide bonds. The number of aryl methyl sites for hydroxylation is 2. The SMILES string of the molecule is CC(=O)c1ccc(N2CCN(C(=O)c3ccc(C)cc3C)CC2)cc1. The van der Waals surface area contributed by atoms with Gasteiger partial charge in [0.2, 0.25) is 0 Å². The average Bonchev–Trinajstić information content (AvgIpc) is 2.61. The number of benzene rings is 2. The second kappa shape index (κ2) is 7.09. The number of piperazine rings is 1. The minimum atomic E-state index is 0.0791. The molecule has 0 bridgehead atoms. The monoisotopic (exact) mass is 336 g/mol. The Hall–Kier alpha value is -2.62. The maximum absolute atomic E-state index is 12.8. The summed E-state index contributed by atoms with van der Waals surface area (Å²) in [4.78, 5) is 28.3. The van der Waals surface area contributed by atoms with Crippen LogP contribution >= 0.6 is 0 Å². The molecular weight excluding hydrogens is 312 g/mol. The van der Waals surface area contributed by atoms with E-state index in [1.54, 1.807) is 6.92 Å². The van der Waals surface area contributed by atoms with Gasteiger partial charge in [0, 0.05) is 43.0 Å². The van der Waals surface area contributed by atoms with Crippen LogP contribution in [0.25, 0.3) is 0 Å². The maximum Gasteiger partial charge on any atom is 0.254 e. The van der Waals surface area contributed by atoms with Crippen molar-refractivity contribution >= 4 is 17.4 Å². The molecule has 0 aromatic heterocycles. The molecule has 0 unspecified atom stereocenters. The lowest BCUT2D eigenvalue weighted by molar-refractivity contribution is 0.0746. The van der Waals surface area contributed by atoms with E-state index in [-0.39, 0.29) is 11.7 Å². The number of rotatable bonds is 3. The largest absolute Gasteiger partial charge is 0.368 e. The molecule has 3 rings (SSSR count). The summed E-state index contributed by atoms with van der Waals surface area (Å²) in [5.41, 5.74) is 4.83. The highest BCUT2D eigenvalue weighted by Gasteiger charge is 2.23. The number of hydrogen-bond donors (Lipinski definition) is 0. The third-order valence-corrected chi connectivity index (χ3v) is 4.82. The van der Waals surface area contributed by atoms with Crippen molar-refractivity contribution in [2.75, 3.05) is 31.1 Å². The molecular formula is C21H24N2O2. The number of hydrogen-bond acceptors (Lipinski definition) is 3. The van der Waals surface area contributed by atoms with Crippen LogP contribution in [0.1, 0.15) is 38.8 Å². The maximum atomic E-state index is 12.8. The lowest BCUT2D eigenvalue weighted by Gasteiger charge is -2.36. The van der Waals surface area contributed by atoms with Crippen molar-refractivity contribution in [3.8, 4) is 0 Å². The number of amides is 1. The molecule has 0 N–H and O–H groups in total. The van der Waals surface area contributed by atoms with E-state index in [9.17, 15) is 9.59 Å². The smallest absolute Gasteiger partial charge is 0.254 e. The number of carbonyl (C=O) groups is 2. The van der Waals surface area contributed by atoms with E-state index in [0.717, 1.165) is 35.5 Å². The number of Topliss-reactive ketones (excluding diaryl/α,β-unsaturated/α-hetero) is 1. The van der Waals surface area contributed by atoms with Gasteiger partial charge in [-0.05, 0) is 56.7 Å². The first-order chi connectivity index (χ1) is 12.0. The van der Waals surface area contributed by atoms with Gasteiger partial charge in [-0.3, -0.25) is 9.59 Å². The Bertz CT molecular complexity index is 788. The Kier molecular flexibility index (Phi) is 4.88. The summed E-state index contributed by atoms with van der Waals surface area (Å²) < 4.78 is 0. The van der Waals surface area contributed by atoms with Crippen LogP contribution in [0.2, 0.25) is 0 Å². The molecule has 2 aromatic rings. The molecule has 1 heterocycles. The van der Waals surface area contributed by atoms with Crippen LogP contribution in [0.15, 0.2) is 42.5 Å². The van der Waals surface area contributed by atoms with E-state index in [4.69, 9.17) is 0 Å². The lowest BCUT2D eigenvalue weighted by atomic mass is 10.0. The molecule has 1 fully saturated rings. The molecule has 2 aromatic carbocycles. The van der Waals surface area contributed by atoms with Gasteiger partial charge in [0.25, 0.3) is 5.91 Å². The Morgan fingerprint density at radius 3 is 2.08 bits per heavy atom. The van der Waals surface area contributed by atoms with Crippen LogP contribution in [-0.4, -0.2) is 42.8 Å². The molecule has 25 heavy (non-hydrogen) atoms. The fourth-order valence-electron chi connectivity index (χ4n) is 3.30. The molecule has 1 aliphatic heterocycles. The van der Waals surface area contributed by atoms with E-state index in [0.29, 0.717) is 13.1 Å². The predicted molar refractivity (Wildman–Crippen MR) is 100 cm³/mol. The third-order valence-electron chi connectivity index (χ3n) is 4.82. The highest BCUT2D eigenvalue weighted by Crippen LogP contribution is 2.19. The molecule has 1 aliphatic rings. The van der Waals surface area contributed by atoms with Crippen molar-refractivity contribution in [1.82, 2.24) is 4.90 Å². The standard InChI is InChI=1S/C21H24N2O2/c1-15-4-9-20(16(2)14-15)21(25)23-12-10-22(11-13-23)19-7-5-18(6-8-19)17(3)24/h4-9,14H,10-13H2,1-3H3. The molecule has 4 nitrogen and oxygen atoms in total. The van der Waals surface area contributed by atoms with E-state index in [1.807, 2.05) is 55.1 Å². The van der Waals surface area contributed by atoms with E-state index in [1.165, 1.54) is 5.56 Å². The van der Waals surface area contributed by atoms with Crippen molar-refractivity contribution in [2.45, 2.75) is 20.8 Å². The highest BCUT2D eigenvalue weighted by atomic mass is 16.2. The number of nitrogens with zero attached hydrogens (tertiary/aromatic N) is 2. The lowest BCUT2D eigenvalue weighted by Crippen LogP contribution is -2.49. The Labute approximate surface area is 149 Å². The number of anilines is 1. The molecule has 0 aliphatic carbocycles. The van der Waals surface area contributed by atoms with Gasteiger partial charge in [-0.1, -0.05) is 17.7 Å². The number of carbonyl (C=O) groups excluding carboxylic acids is 2. The first-order valence-electron chi connectivity index (χ1n) is 8.68. The van der Waals surface area contributed by atoms with Crippen molar-refractivity contribution in [2.24, 2.45) is 0 Å². The third kappa shape index (κ3) is 3.73. The van der Waals surface area contributed by atoms with Gasteiger partial charge in [0.05, 0.1) is 0 Å². The zero-order valence-electron chi connectivity index (χ0n) is 15.1. The predicted octanol–water partition coefficient (Wildman–Crippen LogP) is 3.47. The topological polar surface area (TPSA) is 40.6 Å². The first-order valence-corrected chi connectivity index (χ1v) is 8.68. The highest BCUT2D eigenvalue weighted by molar-refractivity contribution is 5.96.